The Labute approximate surface area is 145 Å². The highest BCUT2D eigenvalue weighted by Gasteiger charge is 2.09. The lowest BCUT2D eigenvalue weighted by molar-refractivity contribution is 0.102. The van der Waals surface area contributed by atoms with Crippen molar-refractivity contribution >= 4 is 33.2 Å². The van der Waals surface area contributed by atoms with Crippen molar-refractivity contribution in [1.29, 1.82) is 0 Å². The number of aromatic nitrogens is 1. The molecule has 2 rings (SSSR count). The molecule has 0 radical (unpaired) electrons. The number of anilines is 2. The van der Waals surface area contributed by atoms with Gasteiger partial charge in [0.1, 0.15) is 0 Å². The molecule has 0 aliphatic carbocycles. The Balaban J connectivity index is 2.04. The number of rotatable bonds is 6. The van der Waals surface area contributed by atoms with Crippen LogP contribution in [0, 0.1) is 6.92 Å². The summed E-state index contributed by atoms with van der Waals surface area (Å²) in [6.07, 6.45) is 3.29. The molecule has 6 heteroatoms. The van der Waals surface area contributed by atoms with Crippen LogP contribution in [-0.2, 0) is 0 Å². The molecule has 0 saturated heterocycles. The molecule has 0 aliphatic heterocycles. The van der Waals surface area contributed by atoms with Gasteiger partial charge in [-0.3, -0.25) is 9.78 Å². The molecule has 1 aromatic heterocycles. The van der Waals surface area contributed by atoms with Crippen LogP contribution in [0.2, 0.25) is 0 Å². The number of nitrogens with one attached hydrogen (secondary N) is 2. The maximum atomic E-state index is 12.4. The Morgan fingerprint density at radius 1 is 1.26 bits per heavy atom. The van der Waals surface area contributed by atoms with Crippen LogP contribution in [0.4, 0.5) is 11.4 Å². The summed E-state index contributed by atoms with van der Waals surface area (Å²) in [5.41, 5.74) is 3.17. The largest absolute Gasteiger partial charge is 0.382 e. The van der Waals surface area contributed by atoms with Crippen LogP contribution < -0.4 is 10.6 Å². The molecule has 0 bridgehead atoms. The van der Waals surface area contributed by atoms with Gasteiger partial charge in [0.05, 0.1) is 11.3 Å². The van der Waals surface area contributed by atoms with E-state index >= 15 is 0 Å². The van der Waals surface area contributed by atoms with Crippen LogP contribution in [0.1, 0.15) is 15.9 Å². The second-order valence-corrected chi connectivity index (χ2v) is 6.52. The Kier molecular flexibility index (Phi) is 6.12. The molecule has 0 saturated carbocycles. The standard InChI is InChI=1S/C17H21BrN4O/c1-12-8-14(18)4-5-16(12)21-17(23)13-9-15(11-19-10-13)20-6-7-22(2)3/h4-5,8-11,20H,6-7H2,1-3H3,(H,21,23). The van der Waals surface area contributed by atoms with Crippen LogP contribution in [0.15, 0.2) is 41.1 Å². The van der Waals surface area contributed by atoms with E-state index in [1.54, 1.807) is 12.4 Å². The lowest BCUT2D eigenvalue weighted by Gasteiger charge is -2.12. The molecule has 0 fully saturated rings. The predicted octanol–water partition coefficient (Wildman–Crippen LogP) is 3.38. The number of nitrogens with zero attached hydrogens (tertiary/aromatic N) is 2. The Bertz CT molecular complexity index is 688. The molecule has 2 N–H and O–H groups in total. The highest BCUT2D eigenvalue weighted by Crippen LogP contribution is 2.21. The van der Waals surface area contributed by atoms with Crippen molar-refractivity contribution in [2.75, 3.05) is 37.8 Å². The first kappa shape index (κ1) is 17.4. The third-order valence-electron chi connectivity index (χ3n) is 3.33. The van der Waals surface area contributed by atoms with Crippen molar-refractivity contribution < 1.29 is 4.79 Å². The fourth-order valence-electron chi connectivity index (χ4n) is 2.05. The monoisotopic (exact) mass is 376 g/mol. The van der Waals surface area contributed by atoms with Gasteiger partial charge in [-0.05, 0) is 50.8 Å². The number of halogens is 1. The molecule has 1 aromatic carbocycles. The van der Waals surface area contributed by atoms with Gasteiger partial charge in [0.25, 0.3) is 5.91 Å². The summed E-state index contributed by atoms with van der Waals surface area (Å²) in [6.45, 7) is 3.66. The quantitative estimate of drug-likeness (QED) is 0.811. The normalized spacial score (nSPS) is 10.7. The molecular formula is C17H21BrN4O. The molecule has 122 valence electrons. The molecule has 2 aromatic rings. The molecule has 0 spiro atoms. The number of hydrogen-bond donors (Lipinski definition) is 2. The van der Waals surface area contributed by atoms with Gasteiger partial charge in [0, 0.05) is 35.6 Å². The minimum Gasteiger partial charge on any atom is -0.382 e. The summed E-state index contributed by atoms with van der Waals surface area (Å²) < 4.78 is 0.988. The molecule has 23 heavy (non-hydrogen) atoms. The van der Waals surface area contributed by atoms with Gasteiger partial charge in [0.15, 0.2) is 0 Å². The van der Waals surface area contributed by atoms with Gasteiger partial charge in [-0.2, -0.15) is 0 Å². The van der Waals surface area contributed by atoms with Crippen molar-refractivity contribution in [2.24, 2.45) is 0 Å². The van der Waals surface area contributed by atoms with E-state index in [0.29, 0.717) is 5.56 Å². The van der Waals surface area contributed by atoms with E-state index in [2.05, 4.69) is 36.4 Å². The first-order valence-corrected chi connectivity index (χ1v) is 8.16. The molecule has 5 nitrogen and oxygen atoms in total. The van der Waals surface area contributed by atoms with E-state index in [0.717, 1.165) is 34.5 Å². The zero-order valence-electron chi connectivity index (χ0n) is 13.6. The minimum atomic E-state index is -0.167. The van der Waals surface area contributed by atoms with Crippen molar-refractivity contribution in [3.8, 4) is 0 Å². The fourth-order valence-corrected chi connectivity index (χ4v) is 2.52. The van der Waals surface area contributed by atoms with Crippen molar-refractivity contribution in [1.82, 2.24) is 9.88 Å². The summed E-state index contributed by atoms with van der Waals surface area (Å²) in [4.78, 5) is 18.6. The second-order valence-electron chi connectivity index (χ2n) is 5.61. The van der Waals surface area contributed by atoms with Gasteiger partial charge in [-0.15, -0.1) is 0 Å². The van der Waals surface area contributed by atoms with Crippen LogP contribution in [-0.4, -0.2) is 43.0 Å². The Hall–Kier alpha value is -1.92. The molecule has 1 amide bonds. The molecule has 0 atom stereocenters. The van der Waals surface area contributed by atoms with Crippen LogP contribution in [0.3, 0.4) is 0 Å². The lowest BCUT2D eigenvalue weighted by atomic mass is 10.2. The molecule has 0 unspecified atom stereocenters. The highest BCUT2D eigenvalue weighted by atomic mass is 79.9. The Morgan fingerprint density at radius 3 is 2.74 bits per heavy atom. The van der Waals surface area contributed by atoms with Gasteiger partial charge < -0.3 is 15.5 Å². The van der Waals surface area contributed by atoms with Crippen molar-refractivity contribution in [3.05, 3.63) is 52.3 Å². The highest BCUT2D eigenvalue weighted by molar-refractivity contribution is 9.10. The van der Waals surface area contributed by atoms with Crippen LogP contribution in [0.25, 0.3) is 0 Å². The van der Waals surface area contributed by atoms with E-state index in [4.69, 9.17) is 0 Å². The zero-order chi connectivity index (χ0) is 16.8. The van der Waals surface area contributed by atoms with Gasteiger partial charge >= 0.3 is 0 Å². The van der Waals surface area contributed by atoms with Gasteiger partial charge in [-0.25, -0.2) is 0 Å². The first-order chi connectivity index (χ1) is 11.0. The number of aryl methyl sites for hydroxylation is 1. The Morgan fingerprint density at radius 2 is 2.04 bits per heavy atom. The van der Waals surface area contributed by atoms with E-state index in [1.807, 2.05) is 45.3 Å². The number of likely N-dealkylation sites (N-methyl/N-ethyl adjacent to an activating group) is 1. The fraction of sp³-hybridized carbons (Fsp3) is 0.294. The average molecular weight is 377 g/mol. The third kappa shape index (κ3) is 5.33. The van der Waals surface area contributed by atoms with E-state index in [1.165, 1.54) is 0 Å². The summed E-state index contributed by atoms with van der Waals surface area (Å²) in [6, 6.07) is 7.56. The molecular weight excluding hydrogens is 356 g/mol. The third-order valence-corrected chi connectivity index (χ3v) is 3.82. The maximum Gasteiger partial charge on any atom is 0.257 e. The minimum absolute atomic E-state index is 0.167. The smallest absolute Gasteiger partial charge is 0.257 e. The number of benzene rings is 1. The summed E-state index contributed by atoms with van der Waals surface area (Å²) in [5, 5.41) is 6.18. The van der Waals surface area contributed by atoms with E-state index in [9.17, 15) is 4.79 Å². The zero-order valence-corrected chi connectivity index (χ0v) is 15.1. The lowest BCUT2D eigenvalue weighted by Crippen LogP contribution is -2.21. The van der Waals surface area contributed by atoms with Crippen LogP contribution in [0.5, 0.6) is 0 Å². The van der Waals surface area contributed by atoms with Crippen molar-refractivity contribution in [3.63, 3.8) is 0 Å². The average Bonchev–Trinajstić information content (AvgIpc) is 2.50. The first-order valence-electron chi connectivity index (χ1n) is 7.37. The topological polar surface area (TPSA) is 57.3 Å². The van der Waals surface area contributed by atoms with E-state index in [-0.39, 0.29) is 5.91 Å². The van der Waals surface area contributed by atoms with E-state index < -0.39 is 0 Å². The second kappa shape index (κ2) is 8.08. The van der Waals surface area contributed by atoms with Gasteiger partial charge in [-0.1, -0.05) is 15.9 Å². The summed E-state index contributed by atoms with van der Waals surface area (Å²) in [7, 11) is 4.04. The number of pyridine rings is 1. The predicted molar refractivity (Wildman–Crippen MR) is 98.1 cm³/mol. The van der Waals surface area contributed by atoms with Gasteiger partial charge in [0.2, 0.25) is 0 Å². The molecule has 1 heterocycles. The maximum absolute atomic E-state index is 12.4. The number of carbonyl (C=O) groups excluding carboxylic acids is 1. The number of hydrogen-bond acceptors (Lipinski definition) is 4. The summed E-state index contributed by atoms with van der Waals surface area (Å²) in [5.74, 6) is -0.167. The SMILES string of the molecule is Cc1cc(Br)ccc1NC(=O)c1cncc(NCCN(C)C)c1. The number of amides is 1. The van der Waals surface area contributed by atoms with Crippen molar-refractivity contribution in [2.45, 2.75) is 6.92 Å². The summed E-state index contributed by atoms with van der Waals surface area (Å²) >= 11 is 3.42. The number of carbonyl (C=O) groups is 1. The van der Waals surface area contributed by atoms with Crippen LogP contribution >= 0.6 is 15.9 Å². The molecule has 0 aliphatic rings.